The molecule has 0 radical (unpaired) electrons. The lowest BCUT2D eigenvalue weighted by atomic mass is 10.1. The lowest BCUT2D eigenvalue weighted by Gasteiger charge is -2.28. The molecular weight excluding hydrogens is 264 g/mol. The summed E-state index contributed by atoms with van der Waals surface area (Å²) in [5, 5.41) is 9.73. The Bertz CT molecular complexity index is 469. The molecule has 0 aliphatic heterocycles. The van der Waals surface area contributed by atoms with Crippen molar-refractivity contribution in [2.75, 3.05) is 13.1 Å². The third-order valence-corrected chi connectivity index (χ3v) is 2.93. The molecule has 0 heterocycles. The second-order valence-electron chi connectivity index (χ2n) is 5.46. The standard InChI is InChI=1S/C15H21F2NO2/c1-4-18(10-15(2,3)20)14(19)8-5-11-9-12(16)6-7-13(11)17/h6-7,9,20H,4-5,8,10H2,1-3H3. The minimum Gasteiger partial charge on any atom is -0.389 e. The Morgan fingerprint density at radius 2 is 2.00 bits per heavy atom. The molecule has 0 spiro atoms. The fourth-order valence-electron chi connectivity index (χ4n) is 1.98. The Kier molecular flexibility index (Phi) is 5.62. The van der Waals surface area contributed by atoms with Crippen LogP contribution >= 0.6 is 0 Å². The number of likely N-dealkylation sites (N-methyl/N-ethyl adjacent to an activating group) is 1. The van der Waals surface area contributed by atoms with Crippen molar-refractivity contribution in [2.24, 2.45) is 0 Å². The summed E-state index contributed by atoms with van der Waals surface area (Å²) in [7, 11) is 0. The van der Waals surface area contributed by atoms with Gasteiger partial charge in [-0.15, -0.1) is 0 Å². The van der Waals surface area contributed by atoms with E-state index < -0.39 is 17.2 Å². The maximum absolute atomic E-state index is 13.4. The number of nitrogens with zero attached hydrogens (tertiary/aromatic N) is 1. The van der Waals surface area contributed by atoms with Gasteiger partial charge in [-0.2, -0.15) is 0 Å². The van der Waals surface area contributed by atoms with E-state index in [0.29, 0.717) is 6.54 Å². The maximum atomic E-state index is 13.4. The molecule has 0 aromatic heterocycles. The van der Waals surface area contributed by atoms with Gasteiger partial charge in [0.2, 0.25) is 5.91 Å². The highest BCUT2D eigenvalue weighted by Crippen LogP contribution is 2.13. The minimum atomic E-state index is -0.976. The van der Waals surface area contributed by atoms with Gasteiger partial charge < -0.3 is 10.0 Å². The van der Waals surface area contributed by atoms with Crippen molar-refractivity contribution in [3.05, 3.63) is 35.4 Å². The summed E-state index contributed by atoms with van der Waals surface area (Å²) < 4.78 is 26.5. The fourth-order valence-corrected chi connectivity index (χ4v) is 1.98. The molecule has 1 aromatic rings. The number of rotatable bonds is 6. The van der Waals surface area contributed by atoms with Gasteiger partial charge in [0.15, 0.2) is 0 Å². The molecule has 1 N–H and O–H groups in total. The molecule has 0 aliphatic rings. The largest absolute Gasteiger partial charge is 0.389 e. The van der Waals surface area contributed by atoms with Gasteiger partial charge in [0.1, 0.15) is 11.6 Å². The van der Waals surface area contributed by atoms with Crippen molar-refractivity contribution >= 4 is 5.91 Å². The maximum Gasteiger partial charge on any atom is 0.222 e. The number of carbonyl (C=O) groups is 1. The molecule has 3 nitrogen and oxygen atoms in total. The van der Waals surface area contributed by atoms with Crippen LogP contribution in [-0.2, 0) is 11.2 Å². The number of benzene rings is 1. The highest BCUT2D eigenvalue weighted by molar-refractivity contribution is 5.76. The Morgan fingerprint density at radius 3 is 2.55 bits per heavy atom. The first kappa shape index (κ1) is 16.6. The lowest BCUT2D eigenvalue weighted by Crippen LogP contribution is -2.42. The first-order valence-corrected chi connectivity index (χ1v) is 6.67. The second kappa shape index (κ2) is 6.79. The third kappa shape index (κ3) is 5.25. The minimum absolute atomic E-state index is 0.0876. The average Bonchev–Trinajstić information content (AvgIpc) is 2.35. The SMILES string of the molecule is CCN(CC(C)(C)O)C(=O)CCc1cc(F)ccc1F. The van der Waals surface area contributed by atoms with Crippen LogP contribution < -0.4 is 0 Å². The van der Waals surface area contributed by atoms with Crippen LogP contribution in [0.1, 0.15) is 32.8 Å². The summed E-state index contributed by atoms with van der Waals surface area (Å²) >= 11 is 0. The molecule has 20 heavy (non-hydrogen) atoms. The van der Waals surface area contributed by atoms with E-state index in [-0.39, 0.29) is 30.9 Å². The van der Waals surface area contributed by atoms with Crippen molar-refractivity contribution in [1.82, 2.24) is 4.90 Å². The van der Waals surface area contributed by atoms with Crippen LogP contribution in [0.4, 0.5) is 8.78 Å². The van der Waals surface area contributed by atoms with Crippen LogP contribution in [0.2, 0.25) is 0 Å². The van der Waals surface area contributed by atoms with E-state index in [2.05, 4.69) is 0 Å². The van der Waals surface area contributed by atoms with Crippen LogP contribution in [0.15, 0.2) is 18.2 Å². The number of hydrogen-bond donors (Lipinski definition) is 1. The van der Waals surface area contributed by atoms with Crippen molar-refractivity contribution in [3.8, 4) is 0 Å². The van der Waals surface area contributed by atoms with E-state index in [1.165, 1.54) is 4.90 Å². The topological polar surface area (TPSA) is 40.5 Å². The first-order chi connectivity index (χ1) is 9.23. The Morgan fingerprint density at radius 1 is 1.35 bits per heavy atom. The molecule has 0 unspecified atom stereocenters. The Labute approximate surface area is 118 Å². The molecule has 1 aromatic carbocycles. The molecule has 1 rings (SSSR count). The molecular formula is C15H21F2NO2. The zero-order valence-electron chi connectivity index (χ0n) is 12.1. The van der Waals surface area contributed by atoms with E-state index in [4.69, 9.17) is 0 Å². The summed E-state index contributed by atoms with van der Waals surface area (Å²) in [6, 6.07) is 3.21. The van der Waals surface area contributed by atoms with Crippen molar-refractivity contribution in [2.45, 2.75) is 39.2 Å². The van der Waals surface area contributed by atoms with Crippen LogP contribution in [0, 0.1) is 11.6 Å². The molecule has 0 atom stereocenters. The fraction of sp³-hybridized carbons (Fsp3) is 0.533. The Hall–Kier alpha value is -1.49. The number of carbonyl (C=O) groups excluding carboxylic acids is 1. The van der Waals surface area contributed by atoms with Gasteiger partial charge in [0.25, 0.3) is 0 Å². The van der Waals surface area contributed by atoms with Crippen LogP contribution in [0.5, 0.6) is 0 Å². The molecule has 0 saturated heterocycles. The summed E-state index contributed by atoms with van der Waals surface area (Å²) in [5.74, 6) is -1.21. The summed E-state index contributed by atoms with van der Waals surface area (Å²) in [4.78, 5) is 13.5. The monoisotopic (exact) mass is 285 g/mol. The highest BCUT2D eigenvalue weighted by atomic mass is 19.1. The van der Waals surface area contributed by atoms with E-state index in [1.54, 1.807) is 13.8 Å². The zero-order chi connectivity index (χ0) is 15.3. The molecule has 0 aliphatic carbocycles. The normalized spacial score (nSPS) is 11.5. The quantitative estimate of drug-likeness (QED) is 0.872. The number of halogens is 2. The van der Waals surface area contributed by atoms with E-state index in [1.807, 2.05) is 6.92 Å². The first-order valence-electron chi connectivity index (χ1n) is 6.67. The van der Waals surface area contributed by atoms with Crippen molar-refractivity contribution in [1.29, 1.82) is 0 Å². The van der Waals surface area contributed by atoms with E-state index in [9.17, 15) is 18.7 Å². The average molecular weight is 285 g/mol. The van der Waals surface area contributed by atoms with E-state index in [0.717, 1.165) is 18.2 Å². The summed E-state index contributed by atoms with van der Waals surface area (Å²) in [6.07, 6.45) is 0.231. The van der Waals surface area contributed by atoms with Gasteiger partial charge in [-0.1, -0.05) is 0 Å². The molecule has 0 bridgehead atoms. The zero-order valence-corrected chi connectivity index (χ0v) is 12.1. The number of amides is 1. The predicted octanol–water partition coefficient (Wildman–Crippen LogP) is 2.52. The summed E-state index contributed by atoms with van der Waals surface area (Å²) in [5.41, 5.74) is -0.784. The van der Waals surface area contributed by atoms with Crippen LogP contribution in [-0.4, -0.2) is 34.6 Å². The van der Waals surface area contributed by atoms with E-state index >= 15 is 0 Å². The molecule has 0 saturated carbocycles. The number of hydrogen-bond acceptors (Lipinski definition) is 2. The van der Waals surface area contributed by atoms with Crippen LogP contribution in [0.25, 0.3) is 0 Å². The molecule has 5 heteroatoms. The van der Waals surface area contributed by atoms with Gasteiger partial charge in [0.05, 0.1) is 5.60 Å². The third-order valence-electron chi connectivity index (χ3n) is 2.93. The Balaban J connectivity index is 2.63. The van der Waals surface area contributed by atoms with Gasteiger partial charge >= 0.3 is 0 Å². The molecule has 1 amide bonds. The molecule has 112 valence electrons. The van der Waals surface area contributed by atoms with Crippen molar-refractivity contribution < 1.29 is 18.7 Å². The number of aryl methyl sites for hydroxylation is 1. The van der Waals surface area contributed by atoms with Gasteiger partial charge in [-0.25, -0.2) is 8.78 Å². The van der Waals surface area contributed by atoms with Gasteiger partial charge in [-0.05, 0) is 51.0 Å². The number of aliphatic hydroxyl groups is 1. The van der Waals surface area contributed by atoms with Crippen molar-refractivity contribution in [3.63, 3.8) is 0 Å². The highest BCUT2D eigenvalue weighted by Gasteiger charge is 2.21. The lowest BCUT2D eigenvalue weighted by molar-refractivity contribution is -0.133. The summed E-state index contributed by atoms with van der Waals surface area (Å²) in [6.45, 7) is 5.74. The second-order valence-corrected chi connectivity index (χ2v) is 5.46. The molecule has 0 fully saturated rings. The van der Waals surface area contributed by atoms with Gasteiger partial charge in [-0.3, -0.25) is 4.79 Å². The van der Waals surface area contributed by atoms with Gasteiger partial charge in [0, 0.05) is 19.5 Å². The predicted molar refractivity (Wildman–Crippen MR) is 73.2 cm³/mol. The smallest absolute Gasteiger partial charge is 0.222 e. The van der Waals surface area contributed by atoms with Crippen LogP contribution in [0.3, 0.4) is 0 Å².